The molecule has 4 heteroatoms. The van der Waals surface area contributed by atoms with Gasteiger partial charge in [-0.05, 0) is 17.5 Å². The van der Waals surface area contributed by atoms with Crippen LogP contribution in [0.25, 0.3) is 0 Å². The Kier molecular flexibility index (Phi) is 3.36. The highest BCUT2D eigenvalue weighted by Gasteiger charge is 2.29. The summed E-state index contributed by atoms with van der Waals surface area (Å²) < 4.78 is 1.89. The van der Waals surface area contributed by atoms with Crippen molar-refractivity contribution in [1.29, 1.82) is 0 Å². The molecule has 1 aliphatic heterocycles. The number of hydrogen-bond donors (Lipinski definition) is 2. The van der Waals surface area contributed by atoms with Gasteiger partial charge in [-0.1, -0.05) is 31.2 Å². The standard InChI is InChI=1S/C15H19N3O/c1-2-7-18-10-12(9-17-18)15(19)14-13-6-4-3-5-11(13)8-16-14/h3-6,9-10,14-16,19H,2,7-8H2,1H3. The Morgan fingerprint density at radius 1 is 1.47 bits per heavy atom. The number of benzene rings is 1. The topological polar surface area (TPSA) is 50.1 Å². The van der Waals surface area contributed by atoms with Gasteiger partial charge in [0.15, 0.2) is 0 Å². The molecule has 4 nitrogen and oxygen atoms in total. The smallest absolute Gasteiger partial charge is 0.101 e. The van der Waals surface area contributed by atoms with Crippen LogP contribution in [-0.4, -0.2) is 14.9 Å². The maximum atomic E-state index is 10.5. The van der Waals surface area contributed by atoms with Crippen LogP contribution in [0.15, 0.2) is 36.7 Å². The van der Waals surface area contributed by atoms with Gasteiger partial charge in [-0.15, -0.1) is 0 Å². The number of fused-ring (bicyclic) bond motifs is 1. The monoisotopic (exact) mass is 257 g/mol. The van der Waals surface area contributed by atoms with Crippen molar-refractivity contribution in [2.24, 2.45) is 0 Å². The molecule has 2 unspecified atom stereocenters. The first-order valence-corrected chi connectivity index (χ1v) is 6.81. The van der Waals surface area contributed by atoms with E-state index in [0.717, 1.165) is 25.1 Å². The first kappa shape index (κ1) is 12.4. The molecular weight excluding hydrogens is 238 g/mol. The summed E-state index contributed by atoms with van der Waals surface area (Å²) in [4.78, 5) is 0. The maximum Gasteiger partial charge on any atom is 0.101 e. The zero-order chi connectivity index (χ0) is 13.2. The summed E-state index contributed by atoms with van der Waals surface area (Å²) in [5.41, 5.74) is 3.34. The highest BCUT2D eigenvalue weighted by molar-refractivity contribution is 5.35. The lowest BCUT2D eigenvalue weighted by Crippen LogP contribution is -2.20. The van der Waals surface area contributed by atoms with Gasteiger partial charge in [0.25, 0.3) is 0 Å². The fourth-order valence-electron chi connectivity index (χ4n) is 2.69. The number of rotatable bonds is 4. The Labute approximate surface area is 113 Å². The van der Waals surface area contributed by atoms with Crippen LogP contribution >= 0.6 is 0 Å². The van der Waals surface area contributed by atoms with E-state index in [1.807, 2.05) is 23.0 Å². The molecule has 0 aliphatic carbocycles. The van der Waals surface area contributed by atoms with Gasteiger partial charge >= 0.3 is 0 Å². The van der Waals surface area contributed by atoms with Crippen molar-refractivity contribution in [2.75, 3.05) is 0 Å². The lowest BCUT2D eigenvalue weighted by atomic mass is 9.98. The van der Waals surface area contributed by atoms with Crippen molar-refractivity contribution in [2.45, 2.75) is 38.6 Å². The number of aliphatic hydroxyl groups is 1. The van der Waals surface area contributed by atoms with Crippen LogP contribution in [-0.2, 0) is 13.1 Å². The summed E-state index contributed by atoms with van der Waals surface area (Å²) in [5, 5.41) is 18.2. The van der Waals surface area contributed by atoms with E-state index in [0.29, 0.717) is 0 Å². The fourth-order valence-corrected chi connectivity index (χ4v) is 2.69. The first-order chi connectivity index (χ1) is 9.29. The van der Waals surface area contributed by atoms with E-state index in [2.05, 4.69) is 29.5 Å². The molecule has 1 aliphatic rings. The molecule has 0 amide bonds. The van der Waals surface area contributed by atoms with Gasteiger partial charge in [-0.25, -0.2) is 0 Å². The van der Waals surface area contributed by atoms with E-state index in [-0.39, 0.29) is 6.04 Å². The van der Waals surface area contributed by atoms with E-state index < -0.39 is 6.10 Å². The molecule has 0 radical (unpaired) electrons. The zero-order valence-corrected chi connectivity index (χ0v) is 11.1. The molecule has 0 bridgehead atoms. The Bertz CT molecular complexity index is 564. The van der Waals surface area contributed by atoms with Crippen molar-refractivity contribution >= 4 is 0 Å². The zero-order valence-electron chi connectivity index (χ0n) is 11.1. The van der Waals surface area contributed by atoms with Crippen LogP contribution in [0.4, 0.5) is 0 Å². The predicted octanol–water partition coefficient (Wildman–Crippen LogP) is 2.17. The molecule has 100 valence electrons. The van der Waals surface area contributed by atoms with Gasteiger partial charge < -0.3 is 10.4 Å². The van der Waals surface area contributed by atoms with Crippen molar-refractivity contribution in [3.05, 3.63) is 53.3 Å². The lowest BCUT2D eigenvalue weighted by molar-refractivity contribution is 0.133. The molecule has 1 aromatic heterocycles. The summed E-state index contributed by atoms with van der Waals surface area (Å²) in [7, 11) is 0. The van der Waals surface area contributed by atoms with Crippen LogP contribution in [0, 0.1) is 0 Å². The predicted molar refractivity (Wildman–Crippen MR) is 73.5 cm³/mol. The lowest BCUT2D eigenvalue weighted by Gasteiger charge is -2.18. The van der Waals surface area contributed by atoms with E-state index in [1.165, 1.54) is 11.1 Å². The van der Waals surface area contributed by atoms with Gasteiger partial charge in [-0.2, -0.15) is 5.10 Å². The summed E-state index contributed by atoms with van der Waals surface area (Å²) in [6, 6.07) is 8.21. The quantitative estimate of drug-likeness (QED) is 0.882. The third-order valence-electron chi connectivity index (χ3n) is 3.67. The number of nitrogens with zero attached hydrogens (tertiary/aromatic N) is 2. The Balaban J connectivity index is 1.82. The maximum absolute atomic E-state index is 10.5. The molecule has 0 spiro atoms. The third kappa shape index (κ3) is 2.29. The average molecular weight is 257 g/mol. The minimum absolute atomic E-state index is 0.0320. The van der Waals surface area contributed by atoms with Crippen molar-refractivity contribution in [1.82, 2.24) is 15.1 Å². The molecule has 2 aromatic rings. The largest absolute Gasteiger partial charge is 0.386 e. The average Bonchev–Trinajstić information content (AvgIpc) is 3.05. The molecule has 3 rings (SSSR count). The summed E-state index contributed by atoms with van der Waals surface area (Å²) in [6.07, 6.45) is 4.20. The minimum atomic E-state index is -0.547. The molecule has 0 saturated heterocycles. The molecule has 1 aromatic carbocycles. The van der Waals surface area contributed by atoms with E-state index >= 15 is 0 Å². The minimum Gasteiger partial charge on any atom is -0.386 e. The van der Waals surface area contributed by atoms with Crippen molar-refractivity contribution in [3.63, 3.8) is 0 Å². The van der Waals surface area contributed by atoms with Crippen LogP contribution in [0.5, 0.6) is 0 Å². The molecule has 2 atom stereocenters. The molecule has 0 fully saturated rings. The summed E-state index contributed by atoms with van der Waals surface area (Å²) in [6.45, 7) is 3.83. The molecule has 2 heterocycles. The van der Waals surface area contributed by atoms with Gasteiger partial charge in [0, 0.05) is 24.8 Å². The molecule has 0 saturated carbocycles. The second-order valence-electron chi connectivity index (χ2n) is 5.04. The second-order valence-corrected chi connectivity index (χ2v) is 5.04. The molecule has 19 heavy (non-hydrogen) atoms. The number of nitrogens with one attached hydrogen (secondary N) is 1. The van der Waals surface area contributed by atoms with E-state index in [1.54, 1.807) is 6.20 Å². The number of hydrogen-bond acceptors (Lipinski definition) is 3. The third-order valence-corrected chi connectivity index (χ3v) is 3.67. The second kappa shape index (κ2) is 5.15. The van der Waals surface area contributed by atoms with Gasteiger partial charge in [-0.3, -0.25) is 4.68 Å². The normalized spacial score (nSPS) is 19.4. The van der Waals surface area contributed by atoms with E-state index in [9.17, 15) is 5.11 Å². The van der Waals surface area contributed by atoms with Gasteiger partial charge in [0.05, 0.1) is 12.2 Å². The van der Waals surface area contributed by atoms with Crippen LogP contribution < -0.4 is 5.32 Å². The van der Waals surface area contributed by atoms with Crippen LogP contribution in [0.2, 0.25) is 0 Å². The Morgan fingerprint density at radius 3 is 3.16 bits per heavy atom. The number of aryl methyl sites for hydroxylation is 1. The number of aliphatic hydroxyl groups excluding tert-OH is 1. The fraction of sp³-hybridized carbons (Fsp3) is 0.400. The highest BCUT2D eigenvalue weighted by Crippen LogP contribution is 2.34. The summed E-state index contributed by atoms with van der Waals surface area (Å²) >= 11 is 0. The van der Waals surface area contributed by atoms with Crippen LogP contribution in [0.1, 0.15) is 42.2 Å². The molecular formula is C15H19N3O. The SMILES string of the molecule is CCCn1cc(C(O)C2NCc3ccccc32)cn1. The number of aromatic nitrogens is 2. The molecule has 2 N–H and O–H groups in total. The Morgan fingerprint density at radius 2 is 2.32 bits per heavy atom. The van der Waals surface area contributed by atoms with E-state index in [4.69, 9.17) is 0 Å². The van der Waals surface area contributed by atoms with Gasteiger partial charge in [0.2, 0.25) is 0 Å². The van der Waals surface area contributed by atoms with Gasteiger partial charge in [0.1, 0.15) is 6.10 Å². The van der Waals surface area contributed by atoms with Crippen molar-refractivity contribution < 1.29 is 5.11 Å². The first-order valence-electron chi connectivity index (χ1n) is 6.81. The summed E-state index contributed by atoms with van der Waals surface area (Å²) in [5.74, 6) is 0. The van der Waals surface area contributed by atoms with Crippen molar-refractivity contribution in [3.8, 4) is 0 Å². The Hall–Kier alpha value is -1.65. The highest BCUT2D eigenvalue weighted by atomic mass is 16.3. The van der Waals surface area contributed by atoms with Crippen LogP contribution in [0.3, 0.4) is 0 Å².